The van der Waals surface area contributed by atoms with E-state index in [1.54, 1.807) is 15.8 Å². The fourth-order valence-electron chi connectivity index (χ4n) is 2.86. The second kappa shape index (κ2) is 7.22. The normalized spacial score (nSPS) is 18.8. The van der Waals surface area contributed by atoms with Gasteiger partial charge in [-0.3, -0.25) is 10.00 Å². The summed E-state index contributed by atoms with van der Waals surface area (Å²) in [6.07, 6.45) is 2.09. The van der Waals surface area contributed by atoms with E-state index in [-0.39, 0.29) is 23.6 Å². The van der Waals surface area contributed by atoms with E-state index in [1.165, 1.54) is 0 Å². The smallest absolute Gasteiger partial charge is 0.316 e. The summed E-state index contributed by atoms with van der Waals surface area (Å²) in [5.41, 5.74) is 0.944. The van der Waals surface area contributed by atoms with Crippen molar-refractivity contribution in [2.24, 2.45) is 0 Å². The van der Waals surface area contributed by atoms with Crippen LogP contribution in [0.5, 0.6) is 0 Å². The first-order valence-electron chi connectivity index (χ1n) is 8.19. The molecule has 0 radical (unpaired) electrons. The molecule has 1 aromatic carbocycles. The van der Waals surface area contributed by atoms with Crippen LogP contribution < -0.4 is 5.32 Å². The molecule has 25 heavy (non-hydrogen) atoms. The molecule has 8 nitrogen and oxygen atoms in total. The lowest BCUT2D eigenvalue weighted by molar-refractivity contribution is 0.190. The molecule has 0 saturated carbocycles. The van der Waals surface area contributed by atoms with Crippen LogP contribution in [-0.4, -0.2) is 51.9 Å². The zero-order chi connectivity index (χ0) is 17.9. The highest BCUT2D eigenvalue weighted by atomic mass is 32.2. The number of urea groups is 1. The molecular weight excluding hydrogens is 342 g/mol. The second-order valence-electron chi connectivity index (χ2n) is 6.06. The van der Waals surface area contributed by atoms with Crippen LogP contribution in [0.15, 0.2) is 36.5 Å². The zero-order valence-electron chi connectivity index (χ0n) is 14.0. The van der Waals surface area contributed by atoms with Crippen LogP contribution in [0.1, 0.15) is 18.9 Å². The van der Waals surface area contributed by atoms with Gasteiger partial charge in [-0.2, -0.15) is 0 Å². The number of aromatic nitrogens is 3. The average Bonchev–Trinajstić information content (AvgIpc) is 3.19. The van der Waals surface area contributed by atoms with E-state index in [4.69, 9.17) is 0 Å². The molecule has 0 bridgehead atoms. The Morgan fingerprint density at radius 1 is 1.36 bits per heavy atom. The zero-order valence-corrected chi connectivity index (χ0v) is 14.8. The molecule has 1 fully saturated rings. The molecule has 3 rings (SSSR count). The maximum atomic E-state index is 12.8. The first kappa shape index (κ1) is 17.4. The fourth-order valence-corrected chi connectivity index (χ4v) is 4.59. The van der Waals surface area contributed by atoms with Gasteiger partial charge in [-0.1, -0.05) is 35.5 Å². The van der Waals surface area contributed by atoms with Gasteiger partial charge in [-0.15, -0.1) is 5.10 Å². The van der Waals surface area contributed by atoms with Crippen molar-refractivity contribution < 1.29 is 13.2 Å². The summed E-state index contributed by atoms with van der Waals surface area (Å²) in [4.78, 5) is 14.3. The van der Waals surface area contributed by atoms with Gasteiger partial charge in [0.15, 0.2) is 15.7 Å². The number of carbonyl (C=O) groups excluding carboxylic acids is 1. The van der Waals surface area contributed by atoms with Crippen LogP contribution in [0, 0.1) is 0 Å². The lowest BCUT2D eigenvalue weighted by atomic mass is 10.1. The minimum absolute atomic E-state index is 0.00506. The molecule has 0 aliphatic carbocycles. The lowest BCUT2D eigenvalue weighted by Crippen LogP contribution is -2.43. The summed E-state index contributed by atoms with van der Waals surface area (Å²) in [5, 5.41) is 10.5. The Balaban J connectivity index is 1.78. The monoisotopic (exact) mass is 363 g/mol. The standard InChI is InChI=1S/C16H21N5O3S/c1-2-20-11-15(18-19-20)17-16(22)21(10-13-6-4-3-5-7-13)14-8-9-25(23,24)12-14/h3-7,11,14H,2,8-10,12H2,1H3,(H,17,22)/t14-/m1/s1. The average molecular weight is 363 g/mol. The molecule has 9 heteroatoms. The Hall–Kier alpha value is -2.42. The molecule has 1 aliphatic heterocycles. The van der Waals surface area contributed by atoms with Gasteiger partial charge < -0.3 is 4.90 Å². The Morgan fingerprint density at radius 2 is 2.12 bits per heavy atom. The molecule has 134 valence electrons. The van der Waals surface area contributed by atoms with Gasteiger partial charge in [0.1, 0.15) is 0 Å². The number of nitrogens with zero attached hydrogens (tertiary/aromatic N) is 4. The highest BCUT2D eigenvalue weighted by Gasteiger charge is 2.35. The summed E-state index contributed by atoms with van der Waals surface area (Å²) < 4.78 is 25.3. The molecule has 2 heterocycles. The van der Waals surface area contributed by atoms with E-state index < -0.39 is 9.84 Å². The van der Waals surface area contributed by atoms with Crippen molar-refractivity contribution in [2.45, 2.75) is 32.5 Å². The lowest BCUT2D eigenvalue weighted by Gasteiger charge is -2.28. The first-order chi connectivity index (χ1) is 12.0. The van der Waals surface area contributed by atoms with E-state index in [1.807, 2.05) is 37.3 Å². The Morgan fingerprint density at radius 3 is 2.72 bits per heavy atom. The van der Waals surface area contributed by atoms with Crippen LogP contribution in [-0.2, 0) is 22.9 Å². The molecule has 1 aliphatic rings. The molecule has 1 atom stereocenters. The van der Waals surface area contributed by atoms with Gasteiger partial charge in [-0.05, 0) is 18.9 Å². The van der Waals surface area contributed by atoms with Crippen molar-refractivity contribution in [1.82, 2.24) is 19.9 Å². The van der Waals surface area contributed by atoms with Crippen molar-refractivity contribution >= 4 is 21.7 Å². The largest absolute Gasteiger partial charge is 0.323 e. The van der Waals surface area contributed by atoms with Crippen molar-refractivity contribution in [3.8, 4) is 0 Å². The van der Waals surface area contributed by atoms with E-state index >= 15 is 0 Å². The van der Waals surface area contributed by atoms with E-state index in [0.29, 0.717) is 25.3 Å². The first-order valence-corrected chi connectivity index (χ1v) is 10.0. The summed E-state index contributed by atoms with van der Waals surface area (Å²) >= 11 is 0. The third-order valence-electron chi connectivity index (χ3n) is 4.20. The van der Waals surface area contributed by atoms with Gasteiger partial charge in [-0.25, -0.2) is 13.2 Å². The Bertz CT molecular complexity index is 834. The quantitative estimate of drug-likeness (QED) is 0.869. The number of hydrogen-bond donors (Lipinski definition) is 1. The van der Waals surface area contributed by atoms with Crippen molar-refractivity contribution in [3.63, 3.8) is 0 Å². The van der Waals surface area contributed by atoms with E-state index in [9.17, 15) is 13.2 Å². The summed E-state index contributed by atoms with van der Waals surface area (Å²) in [7, 11) is -3.09. The highest BCUT2D eigenvalue weighted by molar-refractivity contribution is 7.91. The molecule has 2 aromatic rings. The van der Waals surface area contributed by atoms with Gasteiger partial charge in [0, 0.05) is 19.1 Å². The van der Waals surface area contributed by atoms with E-state index in [0.717, 1.165) is 5.56 Å². The Kier molecular flexibility index (Phi) is 5.03. The third kappa shape index (κ3) is 4.36. The fraction of sp³-hybridized carbons (Fsp3) is 0.438. The SMILES string of the molecule is CCn1cc(NC(=O)N(Cc2ccccc2)[C@@H]2CCS(=O)(=O)C2)nn1. The maximum Gasteiger partial charge on any atom is 0.323 e. The number of aryl methyl sites for hydroxylation is 1. The minimum Gasteiger partial charge on any atom is -0.316 e. The summed E-state index contributed by atoms with van der Waals surface area (Å²) in [6.45, 7) is 2.91. The van der Waals surface area contributed by atoms with Gasteiger partial charge in [0.05, 0.1) is 17.7 Å². The minimum atomic E-state index is -3.09. The molecule has 0 spiro atoms. The van der Waals surface area contributed by atoms with Crippen molar-refractivity contribution in [3.05, 3.63) is 42.1 Å². The van der Waals surface area contributed by atoms with Crippen LogP contribution in [0.25, 0.3) is 0 Å². The van der Waals surface area contributed by atoms with Crippen LogP contribution in [0.2, 0.25) is 0 Å². The van der Waals surface area contributed by atoms with E-state index in [2.05, 4.69) is 15.6 Å². The van der Waals surface area contributed by atoms with Crippen molar-refractivity contribution in [1.29, 1.82) is 0 Å². The van der Waals surface area contributed by atoms with Crippen LogP contribution in [0.4, 0.5) is 10.6 Å². The van der Waals surface area contributed by atoms with Crippen LogP contribution >= 0.6 is 0 Å². The molecular formula is C16H21N5O3S. The predicted molar refractivity (Wildman–Crippen MR) is 93.8 cm³/mol. The number of amides is 2. The van der Waals surface area contributed by atoms with Gasteiger partial charge >= 0.3 is 6.03 Å². The summed E-state index contributed by atoms with van der Waals surface area (Å²) in [5.74, 6) is 0.461. The number of rotatable bonds is 5. The molecule has 1 saturated heterocycles. The number of anilines is 1. The molecule has 0 unspecified atom stereocenters. The number of nitrogens with one attached hydrogen (secondary N) is 1. The highest BCUT2D eigenvalue weighted by Crippen LogP contribution is 2.21. The summed E-state index contributed by atoms with van der Waals surface area (Å²) in [6, 6.07) is 8.80. The van der Waals surface area contributed by atoms with Crippen LogP contribution in [0.3, 0.4) is 0 Å². The number of hydrogen-bond acceptors (Lipinski definition) is 5. The van der Waals surface area contributed by atoms with Gasteiger partial charge in [0.2, 0.25) is 0 Å². The molecule has 2 amide bonds. The molecule has 1 aromatic heterocycles. The second-order valence-corrected chi connectivity index (χ2v) is 8.29. The van der Waals surface area contributed by atoms with Crippen molar-refractivity contribution in [2.75, 3.05) is 16.8 Å². The number of carbonyl (C=O) groups is 1. The third-order valence-corrected chi connectivity index (χ3v) is 5.95. The number of benzene rings is 1. The van der Waals surface area contributed by atoms with Gasteiger partial charge in [0.25, 0.3) is 0 Å². The molecule has 1 N–H and O–H groups in total. The predicted octanol–water partition coefficient (Wildman–Crippen LogP) is 1.52. The number of sulfone groups is 1. The topological polar surface area (TPSA) is 97.2 Å². The maximum absolute atomic E-state index is 12.8. The Labute approximate surface area is 146 Å².